The van der Waals surface area contributed by atoms with E-state index in [1.54, 1.807) is 17.6 Å². The van der Waals surface area contributed by atoms with Gasteiger partial charge in [-0.15, -0.1) is 16.4 Å². The monoisotopic (exact) mass is 422 g/mol. The Labute approximate surface area is 186 Å². The molecule has 0 unspecified atom stereocenters. The fourth-order valence-electron chi connectivity index (χ4n) is 3.23. The van der Waals surface area contributed by atoms with E-state index in [1.807, 2.05) is 104 Å². The average Bonchev–Trinajstić information content (AvgIpc) is 3.31. The lowest BCUT2D eigenvalue weighted by molar-refractivity contribution is 0.103. The van der Waals surface area contributed by atoms with Crippen molar-refractivity contribution in [3.63, 3.8) is 0 Å². The molecule has 0 amide bonds. The molecular weight excluding hydrogens is 400 g/mol. The van der Waals surface area contributed by atoms with Crippen LogP contribution in [-0.4, -0.2) is 17.7 Å². The second-order valence-corrected chi connectivity index (χ2v) is 8.29. The van der Waals surface area contributed by atoms with E-state index in [4.69, 9.17) is 0 Å². The molecule has 0 N–H and O–H groups in total. The van der Waals surface area contributed by atoms with Crippen LogP contribution >= 0.6 is 11.3 Å². The Bertz CT molecular complexity index is 1240. The van der Waals surface area contributed by atoms with Crippen molar-refractivity contribution in [2.45, 2.75) is 13.8 Å². The number of ketones is 1. The van der Waals surface area contributed by atoms with Crippen molar-refractivity contribution in [2.75, 3.05) is 0 Å². The van der Waals surface area contributed by atoms with Gasteiger partial charge in [0.1, 0.15) is 5.71 Å². The molecule has 0 aliphatic heterocycles. The van der Waals surface area contributed by atoms with Crippen molar-refractivity contribution in [3.8, 4) is 0 Å². The Morgan fingerprint density at radius 3 is 1.97 bits per heavy atom. The molecule has 3 aromatic carbocycles. The van der Waals surface area contributed by atoms with Gasteiger partial charge in [0.2, 0.25) is 0 Å². The van der Waals surface area contributed by atoms with Gasteiger partial charge >= 0.3 is 0 Å². The third-order valence-electron chi connectivity index (χ3n) is 4.95. The van der Waals surface area contributed by atoms with Crippen LogP contribution in [0.5, 0.6) is 0 Å². The summed E-state index contributed by atoms with van der Waals surface area (Å²) in [7, 11) is 0. The Kier molecular flexibility index (Phi) is 6.29. The molecule has 0 radical (unpaired) electrons. The lowest BCUT2D eigenvalue weighted by atomic mass is 9.92. The summed E-state index contributed by atoms with van der Waals surface area (Å²) in [5.74, 6) is -0.0300. The van der Waals surface area contributed by atoms with E-state index in [0.717, 1.165) is 27.1 Å². The third-order valence-corrected chi connectivity index (χ3v) is 5.76. The van der Waals surface area contributed by atoms with Gasteiger partial charge in [0.25, 0.3) is 0 Å². The summed E-state index contributed by atoms with van der Waals surface area (Å²) in [6, 6.07) is 27.3. The van der Waals surface area contributed by atoms with Crippen molar-refractivity contribution < 1.29 is 4.79 Å². The number of hydrogen-bond acceptors (Lipinski definition) is 4. The van der Waals surface area contributed by atoms with E-state index in [9.17, 15) is 4.79 Å². The van der Waals surface area contributed by atoms with Crippen LogP contribution in [0.25, 0.3) is 0 Å². The Morgan fingerprint density at radius 2 is 1.35 bits per heavy atom. The summed E-state index contributed by atoms with van der Waals surface area (Å²) in [5, 5.41) is 10.9. The molecule has 0 aliphatic rings. The Morgan fingerprint density at radius 1 is 0.742 bits per heavy atom. The molecule has 31 heavy (non-hydrogen) atoms. The molecule has 0 saturated carbocycles. The average molecular weight is 423 g/mol. The van der Waals surface area contributed by atoms with Crippen LogP contribution < -0.4 is 0 Å². The molecule has 1 heterocycles. The molecule has 1 aromatic heterocycles. The maximum absolute atomic E-state index is 13.3. The largest absolute Gasteiger partial charge is 0.289 e. The molecule has 152 valence electrons. The second-order valence-electron chi connectivity index (χ2n) is 7.32. The highest BCUT2D eigenvalue weighted by Crippen LogP contribution is 2.20. The molecule has 0 fully saturated rings. The van der Waals surface area contributed by atoms with E-state index >= 15 is 0 Å². The molecule has 0 bridgehead atoms. The van der Waals surface area contributed by atoms with Crippen LogP contribution in [0.1, 0.15) is 43.1 Å². The maximum atomic E-state index is 13.3. The first-order valence-corrected chi connectivity index (χ1v) is 10.9. The topological polar surface area (TPSA) is 41.8 Å². The Hall–Kier alpha value is -3.63. The number of carbonyl (C=O) groups is 1. The van der Waals surface area contributed by atoms with E-state index in [-0.39, 0.29) is 5.78 Å². The quantitative estimate of drug-likeness (QED) is 0.199. The molecule has 4 heteroatoms. The third kappa shape index (κ3) is 4.93. The van der Waals surface area contributed by atoms with Crippen LogP contribution in [0, 0.1) is 13.8 Å². The van der Waals surface area contributed by atoms with Crippen LogP contribution in [0.2, 0.25) is 0 Å². The zero-order valence-corrected chi connectivity index (χ0v) is 18.3. The molecule has 0 spiro atoms. The van der Waals surface area contributed by atoms with Gasteiger partial charge in [0.15, 0.2) is 5.78 Å². The van der Waals surface area contributed by atoms with Crippen molar-refractivity contribution in [2.24, 2.45) is 10.2 Å². The van der Waals surface area contributed by atoms with Gasteiger partial charge in [0.05, 0.1) is 6.21 Å². The highest BCUT2D eigenvalue weighted by molar-refractivity contribution is 7.11. The summed E-state index contributed by atoms with van der Waals surface area (Å²) >= 11 is 1.60. The van der Waals surface area contributed by atoms with E-state index in [0.29, 0.717) is 16.8 Å². The zero-order valence-electron chi connectivity index (χ0n) is 17.4. The van der Waals surface area contributed by atoms with E-state index in [2.05, 4.69) is 10.2 Å². The number of thiophene rings is 1. The lowest BCUT2D eigenvalue weighted by Crippen LogP contribution is -2.12. The van der Waals surface area contributed by atoms with Crippen LogP contribution in [0.15, 0.2) is 101 Å². The van der Waals surface area contributed by atoms with Crippen LogP contribution in [-0.2, 0) is 0 Å². The number of hydrogen-bond donors (Lipinski definition) is 0. The molecule has 4 aromatic rings. The first kappa shape index (κ1) is 20.6. The number of carbonyl (C=O) groups excluding carboxylic acids is 1. The minimum absolute atomic E-state index is 0.0300. The standard InChI is InChI=1S/C27H22N2OS/c1-19-9-13-21(14-10-19)26(29-28-18-23-6-5-17-31-23)24-7-3-4-8-25(24)27(30)22-15-11-20(2)12-16-22/h3-18H,1-2H3/b28-18+,29-26+. The molecule has 0 aliphatic carbocycles. The minimum Gasteiger partial charge on any atom is -0.289 e. The lowest BCUT2D eigenvalue weighted by Gasteiger charge is -2.12. The number of rotatable bonds is 6. The van der Waals surface area contributed by atoms with Gasteiger partial charge in [-0.05, 0) is 25.3 Å². The second kappa shape index (κ2) is 9.45. The van der Waals surface area contributed by atoms with Crippen LogP contribution in [0.4, 0.5) is 0 Å². The molecule has 0 saturated heterocycles. The fraction of sp³-hybridized carbons (Fsp3) is 0.0741. The summed E-state index contributed by atoms with van der Waals surface area (Å²) in [4.78, 5) is 14.4. The number of benzene rings is 3. The predicted molar refractivity (Wildman–Crippen MR) is 130 cm³/mol. The smallest absolute Gasteiger partial charge is 0.193 e. The van der Waals surface area contributed by atoms with Gasteiger partial charge in [-0.1, -0.05) is 90.0 Å². The normalized spacial score (nSPS) is 11.7. The molecule has 4 rings (SSSR count). The maximum Gasteiger partial charge on any atom is 0.193 e. The minimum atomic E-state index is -0.0300. The fourth-order valence-corrected chi connectivity index (χ4v) is 3.81. The number of nitrogens with zero attached hydrogens (tertiary/aromatic N) is 2. The summed E-state index contributed by atoms with van der Waals surface area (Å²) in [6.07, 6.45) is 1.74. The van der Waals surface area contributed by atoms with Crippen molar-refractivity contribution in [3.05, 3.63) is 129 Å². The number of aryl methyl sites for hydroxylation is 2. The van der Waals surface area contributed by atoms with Gasteiger partial charge in [-0.25, -0.2) is 0 Å². The molecular formula is C27H22N2OS. The van der Waals surface area contributed by atoms with Gasteiger partial charge in [-0.2, -0.15) is 5.10 Å². The first-order valence-electron chi connectivity index (χ1n) is 10.0. The van der Waals surface area contributed by atoms with Gasteiger partial charge in [0, 0.05) is 27.1 Å². The van der Waals surface area contributed by atoms with Crippen molar-refractivity contribution in [1.29, 1.82) is 0 Å². The van der Waals surface area contributed by atoms with Crippen molar-refractivity contribution in [1.82, 2.24) is 0 Å². The van der Waals surface area contributed by atoms with Gasteiger partial charge < -0.3 is 0 Å². The van der Waals surface area contributed by atoms with E-state index in [1.165, 1.54) is 0 Å². The first-order chi connectivity index (χ1) is 15.1. The van der Waals surface area contributed by atoms with Crippen molar-refractivity contribution >= 4 is 29.0 Å². The Balaban J connectivity index is 1.80. The van der Waals surface area contributed by atoms with E-state index < -0.39 is 0 Å². The zero-order chi connectivity index (χ0) is 21.6. The summed E-state index contributed by atoms with van der Waals surface area (Å²) < 4.78 is 0. The van der Waals surface area contributed by atoms with Crippen LogP contribution in [0.3, 0.4) is 0 Å². The summed E-state index contributed by atoms with van der Waals surface area (Å²) in [6.45, 7) is 4.06. The predicted octanol–water partition coefficient (Wildman–Crippen LogP) is 6.47. The highest BCUT2D eigenvalue weighted by atomic mass is 32.1. The summed E-state index contributed by atoms with van der Waals surface area (Å²) in [5.41, 5.74) is 5.89. The van der Waals surface area contributed by atoms with Gasteiger partial charge in [-0.3, -0.25) is 4.79 Å². The molecule has 3 nitrogen and oxygen atoms in total. The molecule has 0 atom stereocenters. The SMILES string of the molecule is Cc1ccc(C(=O)c2ccccc2/C(=N/N=C/c2cccs2)c2ccc(C)cc2)cc1. The highest BCUT2D eigenvalue weighted by Gasteiger charge is 2.18.